The maximum atomic E-state index is 12.6. The Hall–Kier alpha value is -2.47. The molecule has 1 fully saturated rings. The first-order valence-corrected chi connectivity index (χ1v) is 9.84. The van der Waals surface area contributed by atoms with E-state index in [9.17, 15) is 9.59 Å². The predicted molar refractivity (Wildman–Crippen MR) is 103 cm³/mol. The van der Waals surface area contributed by atoms with Crippen LogP contribution in [-0.4, -0.2) is 33.7 Å². The van der Waals surface area contributed by atoms with Crippen molar-refractivity contribution < 1.29 is 4.79 Å². The largest absolute Gasteiger partial charge is 0.341 e. The third kappa shape index (κ3) is 3.55. The quantitative estimate of drug-likeness (QED) is 0.712. The molecule has 1 amide bonds. The predicted octanol–water partition coefficient (Wildman–Crippen LogP) is 2.94. The van der Waals surface area contributed by atoms with E-state index in [1.165, 1.54) is 21.6 Å². The van der Waals surface area contributed by atoms with Crippen LogP contribution in [0.3, 0.4) is 0 Å². The molecule has 1 saturated heterocycles. The van der Waals surface area contributed by atoms with Crippen molar-refractivity contribution in [3.8, 4) is 0 Å². The summed E-state index contributed by atoms with van der Waals surface area (Å²) in [5.74, 6) is 0.594. The van der Waals surface area contributed by atoms with Crippen molar-refractivity contribution in [1.82, 2.24) is 14.7 Å². The highest BCUT2D eigenvalue weighted by Crippen LogP contribution is 2.22. The zero-order chi connectivity index (χ0) is 17.9. The van der Waals surface area contributed by atoms with Gasteiger partial charge in [-0.05, 0) is 42.2 Å². The maximum absolute atomic E-state index is 12.6. The van der Waals surface area contributed by atoms with Gasteiger partial charge < -0.3 is 4.90 Å². The van der Waals surface area contributed by atoms with Crippen LogP contribution in [0.15, 0.2) is 52.8 Å². The van der Waals surface area contributed by atoms with Crippen LogP contribution in [0.1, 0.15) is 18.4 Å². The third-order valence-electron chi connectivity index (χ3n) is 5.09. The molecule has 5 nitrogen and oxygen atoms in total. The van der Waals surface area contributed by atoms with E-state index >= 15 is 0 Å². The molecule has 0 bridgehead atoms. The van der Waals surface area contributed by atoms with Gasteiger partial charge >= 0.3 is 0 Å². The number of aromatic nitrogens is 2. The summed E-state index contributed by atoms with van der Waals surface area (Å²) in [5, 5.41) is 6.66. The lowest BCUT2D eigenvalue weighted by molar-refractivity contribution is -0.133. The number of benzene rings is 1. The molecule has 1 aliphatic heterocycles. The summed E-state index contributed by atoms with van der Waals surface area (Å²) in [7, 11) is 0. The number of fused-ring (bicyclic) bond motifs is 1. The molecule has 0 saturated carbocycles. The fraction of sp³-hybridized carbons (Fsp3) is 0.350. The number of likely N-dealkylation sites (tertiary alicyclic amines) is 1. The van der Waals surface area contributed by atoms with E-state index in [2.05, 4.69) is 29.4 Å². The van der Waals surface area contributed by atoms with Crippen molar-refractivity contribution in [1.29, 1.82) is 0 Å². The Morgan fingerprint density at radius 2 is 1.92 bits per heavy atom. The normalized spacial score (nSPS) is 15.5. The van der Waals surface area contributed by atoms with Gasteiger partial charge in [-0.3, -0.25) is 9.59 Å². The number of rotatable bonds is 4. The van der Waals surface area contributed by atoms with Gasteiger partial charge in [0.1, 0.15) is 6.54 Å². The van der Waals surface area contributed by atoms with E-state index in [4.69, 9.17) is 0 Å². The van der Waals surface area contributed by atoms with Crippen molar-refractivity contribution in [2.75, 3.05) is 13.1 Å². The van der Waals surface area contributed by atoms with Crippen LogP contribution in [0.5, 0.6) is 0 Å². The summed E-state index contributed by atoms with van der Waals surface area (Å²) in [6, 6.07) is 12.3. The summed E-state index contributed by atoms with van der Waals surface area (Å²) < 4.78 is 2.15. The summed E-state index contributed by atoms with van der Waals surface area (Å²) in [6.07, 6.45) is 4.75. The smallest absolute Gasteiger partial charge is 0.275 e. The van der Waals surface area contributed by atoms with Gasteiger partial charge in [0.05, 0.1) is 16.3 Å². The van der Waals surface area contributed by atoms with Crippen molar-refractivity contribution in [3.63, 3.8) is 0 Å². The molecule has 2 aromatic heterocycles. The molecule has 1 aromatic carbocycles. The zero-order valence-electron chi connectivity index (χ0n) is 14.5. The molecule has 0 radical (unpaired) electrons. The number of carbonyl (C=O) groups is 1. The molecule has 0 N–H and O–H groups in total. The minimum absolute atomic E-state index is 0.0210. The third-order valence-corrected chi connectivity index (χ3v) is 5.95. The van der Waals surface area contributed by atoms with E-state index < -0.39 is 0 Å². The second kappa shape index (κ2) is 7.41. The first-order valence-electron chi connectivity index (χ1n) is 8.96. The van der Waals surface area contributed by atoms with Gasteiger partial charge in [0.25, 0.3) is 5.56 Å². The monoisotopic (exact) mass is 367 g/mol. The van der Waals surface area contributed by atoms with Gasteiger partial charge in [0.2, 0.25) is 5.91 Å². The molecule has 4 rings (SSSR count). The highest BCUT2D eigenvalue weighted by atomic mass is 32.1. The van der Waals surface area contributed by atoms with Crippen molar-refractivity contribution >= 4 is 27.3 Å². The minimum Gasteiger partial charge on any atom is -0.341 e. The first kappa shape index (κ1) is 17.0. The Bertz CT molecular complexity index is 956. The maximum Gasteiger partial charge on any atom is 0.275 e. The Kier molecular flexibility index (Phi) is 4.84. The second-order valence-corrected chi connectivity index (χ2v) is 7.77. The average molecular weight is 367 g/mol. The van der Waals surface area contributed by atoms with Crippen molar-refractivity contribution in [3.05, 3.63) is 63.9 Å². The molecule has 6 heteroatoms. The van der Waals surface area contributed by atoms with Gasteiger partial charge in [-0.2, -0.15) is 5.10 Å². The lowest BCUT2D eigenvalue weighted by atomic mass is 9.90. The molecule has 3 heterocycles. The van der Waals surface area contributed by atoms with Gasteiger partial charge in [-0.25, -0.2) is 4.68 Å². The van der Waals surface area contributed by atoms with Crippen LogP contribution < -0.4 is 5.56 Å². The SMILES string of the molecule is O=C(Cn1ncc2sccc2c1=O)N1CCC(Cc2ccccc2)CC1. The van der Waals surface area contributed by atoms with Crippen molar-refractivity contribution in [2.45, 2.75) is 25.8 Å². The van der Waals surface area contributed by atoms with Crippen LogP contribution in [0.25, 0.3) is 10.1 Å². The van der Waals surface area contributed by atoms with Crippen LogP contribution in [0.2, 0.25) is 0 Å². The summed E-state index contributed by atoms with van der Waals surface area (Å²) >= 11 is 1.49. The number of carbonyl (C=O) groups excluding carboxylic acids is 1. The fourth-order valence-electron chi connectivity index (χ4n) is 3.59. The highest BCUT2D eigenvalue weighted by Gasteiger charge is 2.23. The Balaban J connectivity index is 1.36. The minimum atomic E-state index is -0.184. The standard InChI is InChI=1S/C20H21N3O2S/c24-19(14-23-20(25)17-8-11-26-18(17)13-21-23)22-9-6-16(7-10-22)12-15-4-2-1-3-5-15/h1-5,8,11,13,16H,6-7,9-10,12,14H2. The van der Waals surface area contributed by atoms with Crippen LogP contribution in [-0.2, 0) is 17.8 Å². The molecule has 0 spiro atoms. The van der Waals surface area contributed by atoms with Crippen LogP contribution in [0, 0.1) is 5.92 Å². The summed E-state index contributed by atoms with van der Waals surface area (Å²) in [5.41, 5.74) is 1.17. The number of nitrogens with zero attached hydrogens (tertiary/aromatic N) is 3. The molecular formula is C20H21N3O2S. The molecule has 0 aliphatic carbocycles. The number of thiophene rings is 1. The molecule has 0 atom stereocenters. The molecular weight excluding hydrogens is 346 g/mol. The summed E-state index contributed by atoms with van der Waals surface area (Å²) in [4.78, 5) is 26.9. The lowest BCUT2D eigenvalue weighted by Crippen LogP contribution is -2.42. The highest BCUT2D eigenvalue weighted by molar-refractivity contribution is 7.17. The van der Waals surface area contributed by atoms with E-state index in [1.54, 1.807) is 12.3 Å². The molecule has 3 aromatic rings. The Morgan fingerprint density at radius 1 is 1.15 bits per heavy atom. The van der Waals surface area contributed by atoms with Crippen molar-refractivity contribution in [2.24, 2.45) is 5.92 Å². The molecule has 1 aliphatic rings. The van der Waals surface area contributed by atoms with Gasteiger partial charge in [0, 0.05) is 13.1 Å². The number of piperidine rings is 1. The van der Waals surface area contributed by atoms with Gasteiger partial charge in [-0.1, -0.05) is 30.3 Å². The first-order chi connectivity index (χ1) is 12.7. The average Bonchev–Trinajstić information content (AvgIpc) is 3.15. The number of hydrogen-bond acceptors (Lipinski definition) is 4. The molecule has 0 unspecified atom stereocenters. The van der Waals surface area contributed by atoms with E-state index in [0.717, 1.165) is 37.1 Å². The zero-order valence-corrected chi connectivity index (χ0v) is 15.3. The molecule has 134 valence electrons. The number of hydrogen-bond donors (Lipinski definition) is 0. The van der Waals surface area contributed by atoms with Crippen LogP contribution in [0.4, 0.5) is 0 Å². The Morgan fingerprint density at radius 3 is 2.69 bits per heavy atom. The number of amides is 1. The second-order valence-electron chi connectivity index (χ2n) is 6.82. The lowest BCUT2D eigenvalue weighted by Gasteiger charge is -2.32. The Labute approximate surface area is 155 Å². The summed E-state index contributed by atoms with van der Waals surface area (Å²) in [6.45, 7) is 1.53. The van der Waals surface area contributed by atoms with Gasteiger partial charge in [0.15, 0.2) is 0 Å². The van der Waals surface area contributed by atoms with E-state index in [1.807, 2.05) is 16.3 Å². The topological polar surface area (TPSA) is 55.2 Å². The molecule has 26 heavy (non-hydrogen) atoms. The van der Waals surface area contributed by atoms with E-state index in [-0.39, 0.29) is 18.0 Å². The van der Waals surface area contributed by atoms with E-state index in [0.29, 0.717) is 11.3 Å². The fourth-order valence-corrected chi connectivity index (χ4v) is 4.33. The van der Waals surface area contributed by atoms with Gasteiger partial charge in [-0.15, -0.1) is 11.3 Å². The van der Waals surface area contributed by atoms with Crippen LogP contribution >= 0.6 is 11.3 Å².